The van der Waals surface area contributed by atoms with Gasteiger partial charge in [0.1, 0.15) is 13.4 Å². The SMILES string of the molecule is [B]C(C)(F)c1ccc(Br)cn1. The highest BCUT2D eigenvalue weighted by Crippen LogP contribution is 2.19. The quantitative estimate of drug-likeness (QED) is 0.652. The van der Waals surface area contributed by atoms with Crippen molar-refractivity contribution in [1.29, 1.82) is 0 Å². The molecule has 0 aliphatic rings. The Morgan fingerprint density at radius 2 is 2.27 bits per heavy atom. The van der Waals surface area contributed by atoms with Gasteiger partial charge in [0.15, 0.2) is 0 Å². The Morgan fingerprint density at radius 3 is 2.64 bits per heavy atom. The van der Waals surface area contributed by atoms with Crippen LogP contribution in [0.15, 0.2) is 22.8 Å². The highest BCUT2D eigenvalue weighted by atomic mass is 79.9. The van der Waals surface area contributed by atoms with Gasteiger partial charge in [-0.25, -0.2) is 4.39 Å². The summed E-state index contributed by atoms with van der Waals surface area (Å²) in [6, 6.07) is 3.25. The molecule has 1 heterocycles. The van der Waals surface area contributed by atoms with Crippen LogP contribution in [0.5, 0.6) is 0 Å². The third kappa shape index (κ3) is 2.29. The highest BCUT2D eigenvalue weighted by Gasteiger charge is 2.18. The van der Waals surface area contributed by atoms with Crippen molar-refractivity contribution in [2.75, 3.05) is 0 Å². The van der Waals surface area contributed by atoms with Crippen molar-refractivity contribution in [1.82, 2.24) is 4.98 Å². The number of aromatic nitrogens is 1. The standard InChI is InChI=1S/C7H6BBrFN/c1-7(8,10)6-3-2-5(9)4-11-6/h2-4H,1H3. The summed E-state index contributed by atoms with van der Waals surface area (Å²) in [5.41, 5.74) is -1.61. The van der Waals surface area contributed by atoms with Gasteiger partial charge in [0.2, 0.25) is 0 Å². The van der Waals surface area contributed by atoms with Gasteiger partial charge in [-0.1, -0.05) is 0 Å². The van der Waals surface area contributed by atoms with E-state index < -0.39 is 5.57 Å². The molecule has 1 aromatic rings. The summed E-state index contributed by atoms with van der Waals surface area (Å²) in [6.45, 7) is 1.27. The summed E-state index contributed by atoms with van der Waals surface area (Å²) in [6.07, 6.45) is 1.51. The molecule has 11 heavy (non-hydrogen) atoms. The maximum atomic E-state index is 13.0. The predicted octanol–water partition coefficient (Wildman–Crippen LogP) is 2.15. The zero-order chi connectivity index (χ0) is 8.48. The van der Waals surface area contributed by atoms with Crippen molar-refractivity contribution in [3.63, 3.8) is 0 Å². The summed E-state index contributed by atoms with van der Waals surface area (Å²) in [4.78, 5) is 3.80. The lowest BCUT2D eigenvalue weighted by Gasteiger charge is -2.12. The lowest BCUT2D eigenvalue weighted by atomic mass is 9.82. The van der Waals surface area contributed by atoms with Crippen molar-refractivity contribution >= 4 is 23.8 Å². The minimum atomic E-state index is -1.85. The summed E-state index contributed by atoms with van der Waals surface area (Å²) in [5, 5.41) is 0. The zero-order valence-corrected chi connectivity index (χ0v) is 7.60. The van der Waals surface area contributed by atoms with Crippen LogP contribution in [0.3, 0.4) is 0 Å². The van der Waals surface area contributed by atoms with Crippen molar-refractivity contribution in [3.8, 4) is 0 Å². The molecule has 1 rings (SSSR count). The van der Waals surface area contributed by atoms with E-state index in [0.717, 1.165) is 4.47 Å². The van der Waals surface area contributed by atoms with Gasteiger partial charge in [-0.3, -0.25) is 4.98 Å². The molecular formula is C7H6BBrFN. The molecule has 0 amide bonds. The molecule has 1 unspecified atom stereocenters. The van der Waals surface area contributed by atoms with E-state index in [4.69, 9.17) is 7.85 Å². The Hall–Kier alpha value is -0.375. The number of hydrogen-bond donors (Lipinski definition) is 0. The van der Waals surface area contributed by atoms with Crippen LogP contribution in [0.4, 0.5) is 4.39 Å². The summed E-state index contributed by atoms with van der Waals surface area (Å²) in [7, 11) is 5.16. The van der Waals surface area contributed by atoms with Gasteiger partial charge in [-0.05, 0) is 35.0 Å². The molecule has 1 atom stereocenters. The normalized spacial score (nSPS) is 15.9. The maximum Gasteiger partial charge on any atom is 0.129 e. The van der Waals surface area contributed by atoms with Crippen molar-refractivity contribution in [2.24, 2.45) is 0 Å². The minimum Gasteiger partial charge on any atom is -0.258 e. The van der Waals surface area contributed by atoms with Gasteiger partial charge < -0.3 is 0 Å². The molecule has 1 aromatic heterocycles. The molecule has 1 nitrogen and oxygen atoms in total. The van der Waals surface area contributed by atoms with E-state index in [1.54, 1.807) is 12.1 Å². The molecule has 0 bridgehead atoms. The molecule has 0 aliphatic heterocycles. The molecule has 56 valence electrons. The van der Waals surface area contributed by atoms with Crippen molar-refractivity contribution < 1.29 is 4.39 Å². The average molecular weight is 214 g/mol. The number of rotatable bonds is 1. The van der Waals surface area contributed by atoms with Crippen LogP contribution < -0.4 is 0 Å². The second-order valence-electron chi connectivity index (χ2n) is 2.44. The molecule has 0 aromatic carbocycles. The Bertz CT molecular complexity index is 242. The number of hydrogen-bond acceptors (Lipinski definition) is 1. The molecule has 0 saturated carbocycles. The zero-order valence-electron chi connectivity index (χ0n) is 6.01. The fourth-order valence-electron chi connectivity index (χ4n) is 0.665. The average Bonchev–Trinajstić information content (AvgIpc) is 1.86. The van der Waals surface area contributed by atoms with E-state index in [2.05, 4.69) is 20.9 Å². The molecule has 0 N–H and O–H groups in total. The molecule has 2 radical (unpaired) electrons. The summed E-state index contributed by atoms with van der Waals surface area (Å²) >= 11 is 3.19. The van der Waals surface area contributed by atoms with Gasteiger partial charge in [-0.15, -0.1) is 0 Å². The summed E-state index contributed by atoms with van der Waals surface area (Å²) in [5.74, 6) is 0. The van der Waals surface area contributed by atoms with Crippen LogP contribution in [0.25, 0.3) is 0 Å². The minimum absolute atomic E-state index is 0.237. The second kappa shape index (κ2) is 2.93. The monoisotopic (exact) mass is 213 g/mol. The van der Waals surface area contributed by atoms with E-state index in [-0.39, 0.29) is 5.69 Å². The van der Waals surface area contributed by atoms with E-state index >= 15 is 0 Å². The first-order valence-electron chi connectivity index (χ1n) is 3.10. The third-order valence-electron chi connectivity index (χ3n) is 1.23. The van der Waals surface area contributed by atoms with Crippen molar-refractivity contribution in [2.45, 2.75) is 12.5 Å². The fourth-order valence-corrected chi connectivity index (χ4v) is 0.900. The van der Waals surface area contributed by atoms with E-state index in [9.17, 15) is 4.39 Å². The van der Waals surface area contributed by atoms with Crippen LogP contribution in [0, 0.1) is 0 Å². The first kappa shape index (κ1) is 8.72. The number of alkyl halides is 1. The van der Waals surface area contributed by atoms with Gasteiger partial charge in [0.05, 0.1) is 5.69 Å². The van der Waals surface area contributed by atoms with Crippen LogP contribution in [0.2, 0.25) is 0 Å². The number of pyridine rings is 1. The maximum absolute atomic E-state index is 13.0. The van der Waals surface area contributed by atoms with E-state index in [1.165, 1.54) is 13.1 Å². The number of nitrogens with zero attached hydrogens (tertiary/aromatic N) is 1. The van der Waals surface area contributed by atoms with Crippen LogP contribution >= 0.6 is 15.9 Å². The van der Waals surface area contributed by atoms with Crippen LogP contribution in [0.1, 0.15) is 12.6 Å². The van der Waals surface area contributed by atoms with Crippen molar-refractivity contribution in [3.05, 3.63) is 28.5 Å². The summed E-state index contributed by atoms with van der Waals surface area (Å²) < 4.78 is 13.8. The van der Waals surface area contributed by atoms with E-state index in [1.807, 2.05) is 0 Å². The largest absolute Gasteiger partial charge is 0.258 e. The Labute approximate surface area is 74.6 Å². The lowest BCUT2D eigenvalue weighted by molar-refractivity contribution is 0.305. The molecule has 0 saturated heterocycles. The molecular weight excluding hydrogens is 208 g/mol. The van der Waals surface area contributed by atoms with Gasteiger partial charge in [-0.2, -0.15) is 0 Å². The van der Waals surface area contributed by atoms with Gasteiger partial charge in [0, 0.05) is 10.7 Å². The molecule has 0 spiro atoms. The van der Waals surface area contributed by atoms with Gasteiger partial charge >= 0.3 is 0 Å². The fraction of sp³-hybridized carbons (Fsp3) is 0.286. The number of halogens is 2. The first-order chi connectivity index (χ1) is 5.00. The molecule has 4 heteroatoms. The Kier molecular flexibility index (Phi) is 2.32. The predicted molar refractivity (Wildman–Crippen MR) is 46.2 cm³/mol. The topological polar surface area (TPSA) is 12.9 Å². The van der Waals surface area contributed by atoms with Crippen LogP contribution in [-0.2, 0) is 5.57 Å². The van der Waals surface area contributed by atoms with E-state index in [0.29, 0.717) is 0 Å². The molecule has 0 aliphatic carbocycles. The first-order valence-corrected chi connectivity index (χ1v) is 3.89. The second-order valence-corrected chi connectivity index (χ2v) is 3.35. The third-order valence-corrected chi connectivity index (χ3v) is 1.70. The van der Waals surface area contributed by atoms with Gasteiger partial charge in [0.25, 0.3) is 0 Å². The Morgan fingerprint density at radius 1 is 1.64 bits per heavy atom. The Balaban J connectivity index is 2.99. The van der Waals surface area contributed by atoms with Crippen LogP contribution in [-0.4, -0.2) is 12.8 Å². The smallest absolute Gasteiger partial charge is 0.129 e. The lowest BCUT2D eigenvalue weighted by Crippen LogP contribution is -2.16. The molecule has 0 fully saturated rings. The highest BCUT2D eigenvalue weighted by molar-refractivity contribution is 9.10.